The van der Waals surface area contributed by atoms with Gasteiger partial charge in [0.25, 0.3) is 0 Å². The van der Waals surface area contributed by atoms with Crippen molar-refractivity contribution in [1.29, 1.82) is 0 Å². The maximum atomic E-state index is 12.4. The lowest BCUT2D eigenvalue weighted by Crippen LogP contribution is -2.35. The summed E-state index contributed by atoms with van der Waals surface area (Å²) in [5.41, 5.74) is 3.23. The standard InChI is InChI=1S/C22H32N4O2/c1-4-5-9-20-16-26(15-18-8-6-7-10-21(18)28-20)12-11-22(27)23-13-19-14-25(3)24-17(19)2/h6-8,10,14,20H,4-5,9,11-13,15-16H2,1-3H3,(H,23,27)/t20-/m1/s1. The highest BCUT2D eigenvalue weighted by Gasteiger charge is 2.22. The molecule has 1 N–H and O–H groups in total. The molecule has 0 saturated heterocycles. The van der Waals surface area contributed by atoms with E-state index < -0.39 is 0 Å². The molecule has 2 heterocycles. The van der Waals surface area contributed by atoms with Crippen molar-refractivity contribution >= 4 is 5.91 Å². The number of rotatable bonds is 8. The predicted molar refractivity (Wildman–Crippen MR) is 110 cm³/mol. The van der Waals surface area contributed by atoms with Crippen molar-refractivity contribution in [3.63, 3.8) is 0 Å². The summed E-state index contributed by atoms with van der Waals surface area (Å²) in [7, 11) is 1.90. The highest BCUT2D eigenvalue weighted by molar-refractivity contribution is 5.76. The molecule has 1 amide bonds. The number of para-hydroxylation sites is 1. The van der Waals surface area contributed by atoms with E-state index in [1.54, 1.807) is 4.68 Å². The van der Waals surface area contributed by atoms with Gasteiger partial charge in [-0.3, -0.25) is 14.4 Å². The Kier molecular flexibility index (Phi) is 7.09. The zero-order valence-corrected chi connectivity index (χ0v) is 17.3. The van der Waals surface area contributed by atoms with Crippen molar-refractivity contribution in [1.82, 2.24) is 20.0 Å². The van der Waals surface area contributed by atoms with Crippen LogP contribution in [0.1, 0.15) is 49.4 Å². The molecule has 6 nitrogen and oxygen atoms in total. The summed E-state index contributed by atoms with van der Waals surface area (Å²) in [5.74, 6) is 1.06. The van der Waals surface area contributed by atoms with Crippen LogP contribution in [0.3, 0.4) is 0 Å². The van der Waals surface area contributed by atoms with Gasteiger partial charge in [-0.1, -0.05) is 31.5 Å². The van der Waals surface area contributed by atoms with Gasteiger partial charge in [-0.05, 0) is 25.8 Å². The van der Waals surface area contributed by atoms with Gasteiger partial charge in [0.2, 0.25) is 5.91 Å². The number of amides is 1. The number of aryl methyl sites for hydroxylation is 2. The Morgan fingerprint density at radius 3 is 2.93 bits per heavy atom. The van der Waals surface area contributed by atoms with Crippen molar-refractivity contribution in [3.05, 3.63) is 47.3 Å². The monoisotopic (exact) mass is 384 g/mol. The molecular formula is C22H32N4O2. The molecule has 1 aliphatic rings. The molecule has 0 aliphatic carbocycles. The summed E-state index contributed by atoms with van der Waals surface area (Å²) in [4.78, 5) is 14.7. The third kappa shape index (κ3) is 5.58. The van der Waals surface area contributed by atoms with E-state index in [-0.39, 0.29) is 12.0 Å². The van der Waals surface area contributed by atoms with E-state index in [1.807, 2.05) is 26.2 Å². The lowest BCUT2D eigenvalue weighted by atomic mass is 10.1. The Bertz CT molecular complexity index is 787. The van der Waals surface area contributed by atoms with Crippen molar-refractivity contribution in [2.45, 2.75) is 58.7 Å². The second-order valence-electron chi connectivity index (χ2n) is 7.67. The predicted octanol–water partition coefficient (Wildman–Crippen LogP) is 3.19. The fourth-order valence-corrected chi connectivity index (χ4v) is 3.68. The van der Waals surface area contributed by atoms with E-state index in [9.17, 15) is 4.79 Å². The summed E-state index contributed by atoms with van der Waals surface area (Å²) in [6.07, 6.45) is 6.00. The van der Waals surface area contributed by atoms with Crippen LogP contribution in [-0.4, -0.2) is 39.8 Å². The SMILES string of the molecule is CCCC[C@@H]1CN(CCC(=O)NCc2cn(C)nc2C)Cc2ccccc2O1. The minimum Gasteiger partial charge on any atom is -0.489 e. The fraction of sp³-hybridized carbons (Fsp3) is 0.545. The molecule has 1 aliphatic heterocycles. The number of nitrogens with zero attached hydrogens (tertiary/aromatic N) is 3. The topological polar surface area (TPSA) is 59.4 Å². The van der Waals surface area contributed by atoms with Crippen LogP contribution in [0.4, 0.5) is 0 Å². The molecule has 152 valence electrons. The summed E-state index contributed by atoms with van der Waals surface area (Å²) < 4.78 is 8.05. The first kappa shape index (κ1) is 20.4. The molecular weight excluding hydrogens is 352 g/mol. The van der Waals surface area contributed by atoms with Gasteiger partial charge in [0.15, 0.2) is 0 Å². The van der Waals surface area contributed by atoms with Crippen LogP contribution in [0, 0.1) is 6.92 Å². The Morgan fingerprint density at radius 2 is 2.18 bits per heavy atom. The van der Waals surface area contributed by atoms with Crippen LogP contribution in [0.2, 0.25) is 0 Å². The van der Waals surface area contributed by atoms with E-state index in [0.717, 1.165) is 55.9 Å². The number of benzene rings is 1. The van der Waals surface area contributed by atoms with E-state index >= 15 is 0 Å². The van der Waals surface area contributed by atoms with Crippen LogP contribution in [0.25, 0.3) is 0 Å². The highest BCUT2D eigenvalue weighted by atomic mass is 16.5. The lowest BCUT2D eigenvalue weighted by molar-refractivity contribution is -0.121. The quantitative estimate of drug-likeness (QED) is 0.759. The van der Waals surface area contributed by atoms with E-state index in [0.29, 0.717) is 13.0 Å². The number of nitrogens with one attached hydrogen (secondary N) is 1. The highest BCUT2D eigenvalue weighted by Crippen LogP contribution is 2.26. The average Bonchev–Trinajstić information content (AvgIpc) is 2.89. The first-order chi connectivity index (χ1) is 13.5. The van der Waals surface area contributed by atoms with Crippen molar-refractivity contribution in [2.75, 3.05) is 13.1 Å². The molecule has 1 aromatic heterocycles. The average molecular weight is 385 g/mol. The maximum Gasteiger partial charge on any atom is 0.221 e. The van der Waals surface area contributed by atoms with Crippen LogP contribution >= 0.6 is 0 Å². The van der Waals surface area contributed by atoms with Gasteiger partial charge in [0, 0.05) is 57.0 Å². The van der Waals surface area contributed by atoms with Gasteiger partial charge in [-0.2, -0.15) is 5.10 Å². The minimum atomic E-state index is 0.0758. The number of ether oxygens (including phenoxy) is 1. The van der Waals surface area contributed by atoms with Gasteiger partial charge in [0.05, 0.1) is 5.69 Å². The molecule has 0 fully saturated rings. The number of unbranched alkanes of at least 4 members (excludes halogenated alkanes) is 1. The van der Waals surface area contributed by atoms with Crippen LogP contribution in [0.5, 0.6) is 5.75 Å². The molecule has 3 rings (SSSR count). The Morgan fingerprint density at radius 1 is 1.36 bits per heavy atom. The smallest absolute Gasteiger partial charge is 0.221 e. The largest absolute Gasteiger partial charge is 0.489 e. The maximum absolute atomic E-state index is 12.4. The lowest BCUT2D eigenvalue weighted by Gasteiger charge is -2.23. The molecule has 28 heavy (non-hydrogen) atoms. The molecule has 0 spiro atoms. The first-order valence-corrected chi connectivity index (χ1v) is 10.3. The Balaban J connectivity index is 1.54. The molecule has 2 aromatic rings. The van der Waals surface area contributed by atoms with Crippen LogP contribution in [-0.2, 0) is 24.9 Å². The second-order valence-corrected chi connectivity index (χ2v) is 7.67. The van der Waals surface area contributed by atoms with E-state index in [4.69, 9.17) is 4.74 Å². The van der Waals surface area contributed by atoms with Gasteiger partial charge >= 0.3 is 0 Å². The van der Waals surface area contributed by atoms with Crippen LogP contribution < -0.4 is 10.1 Å². The number of carbonyl (C=O) groups excluding carboxylic acids is 1. The molecule has 0 bridgehead atoms. The summed E-state index contributed by atoms with van der Waals surface area (Å²) >= 11 is 0. The number of hydrogen-bond donors (Lipinski definition) is 1. The molecule has 6 heteroatoms. The van der Waals surface area contributed by atoms with E-state index in [2.05, 4.69) is 40.4 Å². The van der Waals surface area contributed by atoms with E-state index in [1.165, 1.54) is 5.56 Å². The third-order valence-electron chi connectivity index (χ3n) is 5.25. The summed E-state index contributed by atoms with van der Waals surface area (Å²) in [5, 5.41) is 7.34. The molecule has 0 radical (unpaired) electrons. The second kappa shape index (κ2) is 9.73. The Hall–Kier alpha value is -2.34. The minimum absolute atomic E-state index is 0.0758. The Labute approximate surface area is 167 Å². The summed E-state index contributed by atoms with van der Waals surface area (Å²) in [6, 6.07) is 8.26. The van der Waals surface area contributed by atoms with Crippen molar-refractivity contribution < 1.29 is 9.53 Å². The first-order valence-electron chi connectivity index (χ1n) is 10.3. The number of hydrogen-bond acceptors (Lipinski definition) is 4. The number of aromatic nitrogens is 2. The van der Waals surface area contributed by atoms with Crippen molar-refractivity contribution in [3.8, 4) is 5.75 Å². The molecule has 0 unspecified atom stereocenters. The molecule has 1 atom stereocenters. The van der Waals surface area contributed by atoms with Crippen LogP contribution in [0.15, 0.2) is 30.5 Å². The van der Waals surface area contributed by atoms with Crippen molar-refractivity contribution in [2.24, 2.45) is 7.05 Å². The molecule has 1 aromatic carbocycles. The van der Waals surface area contributed by atoms with Gasteiger partial charge in [-0.15, -0.1) is 0 Å². The summed E-state index contributed by atoms with van der Waals surface area (Å²) in [6.45, 7) is 7.13. The zero-order valence-electron chi connectivity index (χ0n) is 17.3. The zero-order chi connectivity index (χ0) is 19.9. The van der Waals surface area contributed by atoms with Gasteiger partial charge in [0.1, 0.15) is 11.9 Å². The number of carbonyl (C=O) groups is 1. The fourth-order valence-electron chi connectivity index (χ4n) is 3.68. The third-order valence-corrected chi connectivity index (χ3v) is 5.25. The molecule has 0 saturated carbocycles. The van der Waals surface area contributed by atoms with Gasteiger partial charge < -0.3 is 10.1 Å². The number of fused-ring (bicyclic) bond motifs is 1. The normalized spacial score (nSPS) is 16.9. The van der Waals surface area contributed by atoms with Gasteiger partial charge in [-0.25, -0.2) is 0 Å².